The number of rotatable bonds is 9. The number of nitrogens with zero attached hydrogens (tertiary/aromatic N) is 2. The van der Waals surface area contributed by atoms with E-state index in [2.05, 4.69) is 10.3 Å². The third-order valence-electron chi connectivity index (χ3n) is 4.96. The Kier molecular flexibility index (Phi) is 7.31. The van der Waals surface area contributed by atoms with Gasteiger partial charge in [-0.15, -0.1) is 11.3 Å². The molecule has 0 saturated carbocycles. The van der Waals surface area contributed by atoms with Gasteiger partial charge in [-0.3, -0.25) is 14.2 Å². The van der Waals surface area contributed by atoms with Crippen molar-refractivity contribution >= 4 is 45.6 Å². The Morgan fingerprint density at radius 1 is 1.09 bits per heavy atom. The number of nitrogens with one attached hydrogen (secondary N) is 1. The Morgan fingerprint density at radius 3 is 2.55 bits per heavy atom. The van der Waals surface area contributed by atoms with E-state index < -0.39 is 0 Å². The van der Waals surface area contributed by atoms with Crippen LogP contribution in [0, 0.1) is 0 Å². The highest BCUT2D eigenvalue weighted by atomic mass is 32.2. The number of hydrogen-bond acceptors (Lipinski definition) is 7. The lowest BCUT2D eigenvalue weighted by Crippen LogP contribution is -2.25. The zero-order valence-electron chi connectivity index (χ0n) is 18.2. The number of aryl methyl sites for hydroxylation is 1. The van der Waals surface area contributed by atoms with E-state index in [1.165, 1.54) is 16.6 Å². The quantitative estimate of drug-likeness (QED) is 0.281. The molecule has 0 bridgehead atoms. The van der Waals surface area contributed by atoms with Gasteiger partial charge in [-0.1, -0.05) is 30.0 Å². The standard InChI is InChI=1S/C24H23N3O4S2/c1-30-17-12-16(13-18(14-17)31-2)25-22(28)15-33-24-26-21-8-4-3-7-20(21)23(29)27(24)10-9-19-6-5-11-32-19/h3-8,11-14H,9-10,15H2,1-2H3,(H,25,28). The summed E-state index contributed by atoms with van der Waals surface area (Å²) in [5.41, 5.74) is 1.09. The molecule has 0 aliphatic carbocycles. The Balaban J connectivity index is 1.54. The molecule has 1 amide bonds. The van der Waals surface area contributed by atoms with Gasteiger partial charge in [-0.25, -0.2) is 4.98 Å². The van der Waals surface area contributed by atoms with Crippen LogP contribution in [0.15, 0.2) is 69.9 Å². The topological polar surface area (TPSA) is 82.5 Å². The summed E-state index contributed by atoms with van der Waals surface area (Å²) >= 11 is 2.90. The molecule has 0 unspecified atom stereocenters. The number of ether oxygens (including phenoxy) is 2. The Bertz CT molecular complexity index is 1300. The zero-order valence-corrected chi connectivity index (χ0v) is 19.9. The van der Waals surface area contributed by atoms with Crippen LogP contribution in [0.4, 0.5) is 5.69 Å². The number of amides is 1. The number of thiophene rings is 1. The number of para-hydroxylation sites is 1. The van der Waals surface area contributed by atoms with Gasteiger partial charge in [-0.2, -0.15) is 0 Å². The van der Waals surface area contributed by atoms with Gasteiger partial charge in [0.25, 0.3) is 5.56 Å². The van der Waals surface area contributed by atoms with Crippen LogP contribution in [0.2, 0.25) is 0 Å². The zero-order chi connectivity index (χ0) is 23.2. The number of hydrogen-bond donors (Lipinski definition) is 1. The molecule has 33 heavy (non-hydrogen) atoms. The molecule has 2 heterocycles. The van der Waals surface area contributed by atoms with Crippen molar-refractivity contribution in [3.8, 4) is 11.5 Å². The second kappa shape index (κ2) is 10.5. The van der Waals surface area contributed by atoms with Crippen molar-refractivity contribution in [3.05, 3.63) is 75.2 Å². The van der Waals surface area contributed by atoms with Crippen molar-refractivity contribution in [3.63, 3.8) is 0 Å². The Morgan fingerprint density at radius 2 is 1.85 bits per heavy atom. The number of methoxy groups -OCH3 is 2. The average molecular weight is 482 g/mol. The molecule has 7 nitrogen and oxygen atoms in total. The summed E-state index contributed by atoms with van der Waals surface area (Å²) in [6, 6.07) is 16.5. The van der Waals surface area contributed by atoms with Gasteiger partial charge >= 0.3 is 0 Å². The van der Waals surface area contributed by atoms with Crippen LogP contribution in [0.3, 0.4) is 0 Å². The van der Waals surface area contributed by atoms with E-state index in [-0.39, 0.29) is 17.2 Å². The molecule has 9 heteroatoms. The van der Waals surface area contributed by atoms with Gasteiger partial charge in [-0.05, 0) is 30.0 Å². The first kappa shape index (κ1) is 22.9. The normalized spacial score (nSPS) is 10.8. The number of fused-ring (bicyclic) bond motifs is 1. The third-order valence-corrected chi connectivity index (χ3v) is 6.87. The predicted octanol–water partition coefficient (Wildman–Crippen LogP) is 4.45. The summed E-state index contributed by atoms with van der Waals surface area (Å²) in [4.78, 5) is 31.7. The number of thioether (sulfide) groups is 1. The number of aromatic nitrogens is 2. The van der Waals surface area contributed by atoms with Crippen molar-refractivity contribution < 1.29 is 14.3 Å². The molecule has 0 saturated heterocycles. The molecule has 2 aromatic heterocycles. The molecule has 0 radical (unpaired) electrons. The van der Waals surface area contributed by atoms with E-state index in [0.717, 1.165) is 6.42 Å². The van der Waals surface area contributed by atoms with Gasteiger partial charge in [0.2, 0.25) is 5.91 Å². The first-order valence-corrected chi connectivity index (χ1v) is 12.1. The number of anilines is 1. The molecule has 4 rings (SSSR count). The summed E-state index contributed by atoms with van der Waals surface area (Å²) in [5.74, 6) is 1.04. The summed E-state index contributed by atoms with van der Waals surface area (Å²) in [5, 5.41) is 5.96. The Hall–Kier alpha value is -3.30. The maximum Gasteiger partial charge on any atom is 0.262 e. The lowest BCUT2D eigenvalue weighted by Gasteiger charge is -2.13. The van der Waals surface area contributed by atoms with Crippen LogP contribution >= 0.6 is 23.1 Å². The minimum absolute atomic E-state index is 0.0994. The van der Waals surface area contributed by atoms with Crippen LogP contribution < -0.4 is 20.3 Å². The minimum atomic E-state index is -0.220. The van der Waals surface area contributed by atoms with Crippen molar-refractivity contribution in [2.45, 2.75) is 18.1 Å². The summed E-state index contributed by atoms with van der Waals surface area (Å²) < 4.78 is 12.2. The van der Waals surface area contributed by atoms with E-state index in [0.29, 0.717) is 39.8 Å². The second-order valence-electron chi connectivity index (χ2n) is 7.14. The summed E-state index contributed by atoms with van der Waals surface area (Å²) in [6.07, 6.45) is 0.723. The van der Waals surface area contributed by atoms with Crippen LogP contribution in [0.25, 0.3) is 10.9 Å². The molecule has 0 fully saturated rings. The molecule has 0 aliphatic heterocycles. The number of benzene rings is 2. The molecule has 170 valence electrons. The van der Waals surface area contributed by atoms with Gasteiger partial charge < -0.3 is 14.8 Å². The molecule has 2 aromatic carbocycles. The first-order chi connectivity index (χ1) is 16.1. The molecular formula is C24H23N3O4S2. The molecule has 0 atom stereocenters. The van der Waals surface area contributed by atoms with E-state index >= 15 is 0 Å². The second-order valence-corrected chi connectivity index (χ2v) is 9.11. The monoisotopic (exact) mass is 481 g/mol. The van der Waals surface area contributed by atoms with Gasteiger partial charge in [0.1, 0.15) is 11.5 Å². The van der Waals surface area contributed by atoms with Crippen LogP contribution in [0.5, 0.6) is 11.5 Å². The largest absolute Gasteiger partial charge is 0.497 e. The first-order valence-electron chi connectivity index (χ1n) is 10.2. The van der Waals surface area contributed by atoms with Crippen molar-refractivity contribution in [2.24, 2.45) is 0 Å². The highest BCUT2D eigenvalue weighted by molar-refractivity contribution is 7.99. The molecular weight excluding hydrogens is 458 g/mol. The SMILES string of the molecule is COc1cc(NC(=O)CSc2nc3ccccc3c(=O)n2CCc2cccs2)cc(OC)c1. The average Bonchev–Trinajstić information content (AvgIpc) is 3.35. The third kappa shape index (κ3) is 5.55. The van der Waals surface area contributed by atoms with Crippen molar-refractivity contribution in [2.75, 3.05) is 25.3 Å². The fourth-order valence-electron chi connectivity index (χ4n) is 3.34. The predicted molar refractivity (Wildman–Crippen MR) is 133 cm³/mol. The van der Waals surface area contributed by atoms with Gasteiger partial charge in [0, 0.05) is 35.3 Å². The Labute approximate surface area is 199 Å². The van der Waals surface area contributed by atoms with Gasteiger partial charge in [0.05, 0.1) is 30.9 Å². The molecule has 0 aliphatic rings. The van der Waals surface area contributed by atoms with E-state index in [9.17, 15) is 9.59 Å². The highest BCUT2D eigenvalue weighted by Gasteiger charge is 2.14. The van der Waals surface area contributed by atoms with E-state index in [4.69, 9.17) is 9.47 Å². The maximum atomic E-state index is 13.2. The fourth-order valence-corrected chi connectivity index (χ4v) is 4.86. The van der Waals surface area contributed by atoms with E-state index in [1.54, 1.807) is 54.4 Å². The summed E-state index contributed by atoms with van der Waals surface area (Å²) in [7, 11) is 3.11. The number of carbonyl (C=O) groups is 1. The number of carbonyl (C=O) groups excluding carboxylic acids is 1. The van der Waals surface area contributed by atoms with Crippen molar-refractivity contribution in [1.82, 2.24) is 9.55 Å². The molecule has 4 aromatic rings. The maximum absolute atomic E-state index is 13.2. The minimum Gasteiger partial charge on any atom is -0.497 e. The van der Waals surface area contributed by atoms with Crippen LogP contribution in [0.1, 0.15) is 4.88 Å². The summed E-state index contributed by atoms with van der Waals surface area (Å²) in [6.45, 7) is 0.494. The molecule has 1 N–H and O–H groups in total. The lowest BCUT2D eigenvalue weighted by atomic mass is 10.2. The van der Waals surface area contributed by atoms with Crippen LogP contribution in [-0.4, -0.2) is 35.4 Å². The van der Waals surface area contributed by atoms with Crippen molar-refractivity contribution in [1.29, 1.82) is 0 Å². The molecule has 0 spiro atoms. The van der Waals surface area contributed by atoms with E-state index in [1.807, 2.05) is 35.7 Å². The highest BCUT2D eigenvalue weighted by Crippen LogP contribution is 2.26. The fraction of sp³-hybridized carbons (Fsp3) is 0.208. The lowest BCUT2D eigenvalue weighted by molar-refractivity contribution is -0.113. The van der Waals surface area contributed by atoms with Crippen LogP contribution in [-0.2, 0) is 17.8 Å². The van der Waals surface area contributed by atoms with Gasteiger partial charge in [0.15, 0.2) is 5.16 Å². The smallest absolute Gasteiger partial charge is 0.262 e.